The summed E-state index contributed by atoms with van der Waals surface area (Å²) in [7, 11) is 0. The van der Waals surface area contributed by atoms with Crippen LogP contribution in [-0.2, 0) is 0 Å². The van der Waals surface area contributed by atoms with Gasteiger partial charge in [0.1, 0.15) is 0 Å². The third-order valence-electron chi connectivity index (χ3n) is 4.95. The van der Waals surface area contributed by atoms with Gasteiger partial charge >= 0.3 is 0 Å². The molecule has 9 heteroatoms. The van der Waals surface area contributed by atoms with E-state index in [1.807, 2.05) is 32.4 Å². The highest BCUT2D eigenvalue weighted by atomic mass is 35.5. The highest BCUT2D eigenvalue weighted by Crippen LogP contribution is 2.21. The molecule has 1 saturated heterocycles. The first-order chi connectivity index (χ1) is 13.4. The zero-order chi connectivity index (χ0) is 20.3. The lowest BCUT2D eigenvalue weighted by molar-refractivity contribution is 0.0942. The third-order valence-corrected chi connectivity index (χ3v) is 4.95. The van der Waals surface area contributed by atoms with E-state index in [-0.39, 0.29) is 36.3 Å². The van der Waals surface area contributed by atoms with Gasteiger partial charge in [0.05, 0.1) is 11.7 Å². The number of nitrogens with zero attached hydrogens (tertiary/aromatic N) is 3. The van der Waals surface area contributed by atoms with Crippen LogP contribution in [0.5, 0.6) is 0 Å². The summed E-state index contributed by atoms with van der Waals surface area (Å²) in [6.45, 7) is 9.45. The van der Waals surface area contributed by atoms with Crippen LogP contribution in [0.3, 0.4) is 0 Å². The molecule has 2 heterocycles. The molecule has 0 unspecified atom stereocenters. The quantitative estimate of drug-likeness (QED) is 0.690. The molecule has 158 valence electrons. The van der Waals surface area contributed by atoms with Gasteiger partial charge in [-0.25, -0.2) is 4.68 Å². The van der Waals surface area contributed by atoms with E-state index in [1.54, 1.807) is 18.2 Å². The second kappa shape index (κ2) is 9.84. The molecule has 29 heavy (non-hydrogen) atoms. The largest absolute Gasteiger partial charge is 0.350 e. The first kappa shape index (κ1) is 22.8. The smallest absolute Gasteiger partial charge is 0.278 e. The number of hydrogen-bond acceptors (Lipinski definition) is 5. The van der Waals surface area contributed by atoms with Gasteiger partial charge in [0, 0.05) is 17.3 Å². The highest BCUT2D eigenvalue weighted by molar-refractivity contribution is 6.04. The predicted molar refractivity (Wildman–Crippen MR) is 115 cm³/mol. The van der Waals surface area contributed by atoms with Gasteiger partial charge < -0.3 is 16.0 Å². The summed E-state index contributed by atoms with van der Waals surface area (Å²) in [5, 5.41) is 17.4. The van der Waals surface area contributed by atoms with E-state index in [9.17, 15) is 9.59 Å². The zero-order valence-electron chi connectivity index (χ0n) is 17.3. The monoisotopic (exact) mass is 420 g/mol. The molecule has 0 spiro atoms. The van der Waals surface area contributed by atoms with Gasteiger partial charge in [0.25, 0.3) is 11.8 Å². The molecule has 3 rings (SSSR count). The lowest BCUT2D eigenvalue weighted by Gasteiger charge is -2.23. The van der Waals surface area contributed by atoms with Crippen molar-refractivity contribution in [3.8, 4) is 0 Å². The van der Waals surface area contributed by atoms with Crippen molar-refractivity contribution in [1.29, 1.82) is 0 Å². The molecule has 2 aromatic rings. The number of aryl methyl sites for hydroxylation is 1. The topological polar surface area (TPSA) is 101 Å². The molecule has 1 fully saturated rings. The number of piperidine rings is 1. The van der Waals surface area contributed by atoms with Gasteiger partial charge in [0.2, 0.25) is 0 Å². The van der Waals surface area contributed by atoms with Crippen LogP contribution in [0.4, 0.5) is 5.69 Å². The Hall–Kier alpha value is -2.45. The molecule has 1 aromatic heterocycles. The predicted octanol–water partition coefficient (Wildman–Crippen LogP) is 2.63. The average Bonchev–Trinajstić information content (AvgIpc) is 3.03. The molecule has 0 bridgehead atoms. The minimum atomic E-state index is -0.295. The summed E-state index contributed by atoms with van der Waals surface area (Å²) in [5.41, 5.74) is 3.12. The maximum atomic E-state index is 12.7. The Balaban J connectivity index is 0.00000300. The van der Waals surface area contributed by atoms with Crippen molar-refractivity contribution in [2.24, 2.45) is 0 Å². The summed E-state index contributed by atoms with van der Waals surface area (Å²) in [6.07, 6.45) is 1.95. The summed E-state index contributed by atoms with van der Waals surface area (Å²) < 4.78 is 1.86. The molecule has 0 saturated carbocycles. The van der Waals surface area contributed by atoms with Crippen LogP contribution >= 0.6 is 12.4 Å². The van der Waals surface area contributed by atoms with E-state index in [4.69, 9.17) is 0 Å². The maximum absolute atomic E-state index is 12.7. The van der Waals surface area contributed by atoms with Gasteiger partial charge in [-0.2, -0.15) is 0 Å². The SMILES string of the molecule is Cc1cc(NC(=O)c2nnn(C3CCNCC3)c2C)ccc1C(=O)NC(C)C.Cl. The number of nitrogens with one attached hydrogen (secondary N) is 3. The van der Waals surface area contributed by atoms with Crippen molar-refractivity contribution in [3.63, 3.8) is 0 Å². The number of halogens is 1. The summed E-state index contributed by atoms with van der Waals surface area (Å²) >= 11 is 0. The average molecular weight is 421 g/mol. The Morgan fingerprint density at radius 1 is 1.17 bits per heavy atom. The Morgan fingerprint density at radius 2 is 1.86 bits per heavy atom. The third kappa shape index (κ3) is 5.33. The Labute approximate surface area is 177 Å². The van der Waals surface area contributed by atoms with Gasteiger partial charge in [-0.1, -0.05) is 5.21 Å². The van der Waals surface area contributed by atoms with Crippen molar-refractivity contribution in [3.05, 3.63) is 40.7 Å². The lowest BCUT2D eigenvalue weighted by Crippen LogP contribution is -2.30. The summed E-state index contributed by atoms with van der Waals surface area (Å²) in [5.74, 6) is -0.414. The van der Waals surface area contributed by atoms with Crippen molar-refractivity contribution in [1.82, 2.24) is 25.6 Å². The van der Waals surface area contributed by atoms with Crippen LogP contribution < -0.4 is 16.0 Å². The van der Waals surface area contributed by atoms with Crippen molar-refractivity contribution >= 4 is 29.9 Å². The molecule has 8 nitrogen and oxygen atoms in total. The number of aromatic nitrogens is 3. The number of anilines is 1. The molecule has 1 aliphatic heterocycles. The van der Waals surface area contributed by atoms with Gasteiger partial charge in [-0.3, -0.25) is 9.59 Å². The highest BCUT2D eigenvalue weighted by Gasteiger charge is 2.23. The van der Waals surface area contributed by atoms with E-state index in [0.717, 1.165) is 37.2 Å². The van der Waals surface area contributed by atoms with Crippen molar-refractivity contribution in [2.75, 3.05) is 18.4 Å². The van der Waals surface area contributed by atoms with Crippen LogP contribution in [0.15, 0.2) is 18.2 Å². The fraction of sp³-hybridized carbons (Fsp3) is 0.500. The molecule has 0 aliphatic carbocycles. The Bertz CT molecular complexity index is 874. The van der Waals surface area contributed by atoms with Crippen LogP contribution in [0.2, 0.25) is 0 Å². The van der Waals surface area contributed by atoms with Gasteiger partial charge in [0.15, 0.2) is 5.69 Å². The molecule has 1 aromatic carbocycles. The van der Waals surface area contributed by atoms with E-state index in [1.165, 1.54) is 0 Å². The van der Waals surface area contributed by atoms with E-state index < -0.39 is 0 Å². The second-order valence-corrected chi connectivity index (χ2v) is 7.56. The number of carbonyl (C=O) groups is 2. The number of hydrogen-bond donors (Lipinski definition) is 3. The van der Waals surface area contributed by atoms with Crippen LogP contribution in [-0.4, -0.2) is 45.9 Å². The summed E-state index contributed by atoms with van der Waals surface area (Å²) in [6, 6.07) is 5.58. The zero-order valence-corrected chi connectivity index (χ0v) is 18.1. The van der Waals surface area contributed by atoms with Crippen LogP contribution in [0.25, 0.3) is 0 Å². The number of carbonyl (C=O) groups excluding carboxylic acids is 2. The fourth-order valence-corrected chi connectivity index (χ4v) is 3.48. The molecule has 1 aliphatic rings. The molecule has 0 atom stereocenters. The van der Waals surface area contributed by atoms with Crippen molar-refractivity contribution < 1.29 is 9.59 Å². The molecular formula is C20H29ClN6O2. The first-order valence-electron chi connectivity index (χ1n) is 9.72. The number of benzene rings is 1. The standard InChI is InChI=1S/C20H28N6O2.ClH/c1-12(2)22-19(27)17-6-5-15(11-13(17)3)23-20(28)18-14(4)26(25-24-18)16-7-9-21-10-8-16;/h5-6,11-12,16,21H,7-10H2,1-4H3,(H,22,27)(H,23,28);1H. The lowest BCUT2D eigenvalue weighted by atomic mass is 10.1. The number of rotatable bonds is 5. The summed E-state index contributed by atoms with van der Waals surface area (Å²) in [4.78, 5) is 24.9. The first-order valence-corrected chi connectivity index (χ1v) is 9.72. The van der Waals surface area contributed by atoms with Crippen LogP contribution in [0, 0.1) is 13.8 Å². The van der Waals surface area contributed by atoms with E-state index in [2.05, 4.69) is 26.3 Å². The van der Waals surface area contributed by atoms with E-state index in [0.29, 0.717) is 16.9 Å². The van der Waals surface area contributed by atoms with Crippen LogP contribution in [0.1, 0.15) is 64.8 Å². The minimum absolute atomic E-state index is 0. The van der Waals surface area contributed by atoms with Gasteiger partial charge in [-0.15, -0.1) is 17.5 Å². The Kier molecular flexibility index (Phi) is 7.75. The van der Waals surface area contributed by atoms with Gasteiger partial charge in [-0.05, 0) is 77.4 Å². The molecule has 3 N–H and O–H groups in total. The second-order valence-electron chi connectivity index (χ2n) is 7.56. The molecular weight excluding hydrogens is 392 g/mol. The minimum Gasteiger partial charge on any atom is -0.350 e. The normalized spacial score (nSPS) is 14.4. The van der Waals surface area contributed by atoms with E-state index >= 15 is 0 Å². The molecule has 2 amide bonds. The van der Waals surface area contributed by atoms with Crippen molar-refractivity contribution in [2.45, 2.75) is 52.6 Å². The maximum Gasteiger partial charge on any atom is 0.278 e. The Morgan fingerprint density at radius 3 is 2.48 bits per heavy atom. The molecule has 0 radical (unpaired) electrons. The number of amides is 2. The fourth-order valence-electron chi connectivity index (χ4n) is 3.48.